The number of fused-ring (bicyclic) bond motifs is 1. The Kier molecular flexibility index (Phi) is 7.31. The predicted octanol–water partition coefficient (Wildman–Crippen LogP) is 5.15. The van der Waals surface area contributed by atoms with Gasteiger partial charge in [0.05, 0.1) is 29.3 Å². The van der Waals surface area contributed by atoms with E-state index in [9.17, 15) is 14.4 Å². The fraction of sp³-hybridized carbons (Fsp3) is 0.172. The average molecular weight is 544 g/mol. The van der Waals surface area contributed by atoms with Gasteiger partial charge in [0, 0.05) is 11.3 Å². The zero-order valence-electron chi connectivity index (χ0n) is 20.9. The lowest BCUT2D eigenvalue weighted by atomic mass is 10.1. The van der Waals surface area contributed by atoms with Crippen molar-refractivity contribution in [3.05, 3.63) is 94.4 Å². The summed E-state index contributed by atoms with van der Waals surface area (Å²) in [5.74, 6) is -0.354. The average Bonchev–Trinajstić information content (AvgIpc) is 3.33. The number of amides is 3. The van der Waals surface area contributed by atoms with Gasteiger partial charge in [0.2, 0.25) is 5.91 Å². The Hall–Kier alpha value is -3.95. The van der Waals surface area contributed by atoms with Crippen LogP contribution in [-0.2, 0) is 20.9 Å². The Morgan fingerprint density at radius 3 is 2.37 bits per heavy atom. The molecule has 1 saturated heterocycles. The minimum absolute atomic E-state index is 0.198. The van der Waals surface area contributed by atoms with Crippen molar-refractivity contribution < 1.29 is 19.1 Å². The van der Waals surface area contributed by atoms with Crippen molar-refractivity contribution in [2.75, 3.05) is 23.4 Å². The molecular formula is C29H25N3O4S2. The Bertz CT molecular complexity index is 1470. The van der Waals surface area contributed by atoms with Gasteiger partial charge in [0.25, 0.3) is 11.8 Å². The van der Waals surface area contributed by atoms with Crippen molar-refractivity contribution in [1.82, 2.24) is 4.90 Å². The summed E-state index contributed by atoms with van der Waals surface area (Å²) in [6.07, 6.45) is 0. The third kappa shape index (κ3) is 5.07. The maximum Gasteiger partial charge on any atom is 0.267 e. The van der Waals surface area contributed by atoms with Crippen molar-refractivity contribution in [3.63, 3.8) is 0 Å². The van der Waals surface area contributed by atoms with Gasteiger partial charge in [-0.25, -0.2) is 0 Å². The van der Waals surface area contributed by atoms with E-state index >= 15 is 0 Å². The van der Waals surface area contributed by atoms with E-state index in [1.54, 1.807) is 42.5 Å². The molecule has 0 unspecified atom stereocenters. The van der Waals surface area contributed by atoms with Crippen molar-refractivity contribution in [2.45, 2.75) is 20.4 Å². The third-order valence-electron chi connectivity index (χ3n) is 6.21. The summed E-state index contributed by atoms with van der Waals surface area (Å²) < 4.78 is 5.83. The van der Waals surface area contributed by atoms with E-state index in [0.717, 1.165) is 22.9 Å². The number of hydrogen-bond donors (Lipinski definition) is 1. The van der Waals surface area contributed by atoms with Gasteiger partial charge in [-0.15, -0.1) is 0 Å². The molecule has 2 aliphatic heterocycles. The lowest BCUT2D eigenvalue weighted by Gasteiger charge is -2.17. The molecule has 0 atom stereocenters. The van der Waals surface area contributed by atoms with Gasteiger partial charge >= 0.3 is 0 Å². The highest BCUT2D eigenvalue weighted by molar-refractivity contribution is 8.26. The number of anilines is 2. The molecule has 5 rings (SSSR count). The van der Waals surface area contributed by atoms with Crippen LogP contribution < -0.4 is 15.0 Å². The predicted molar refractivity (Wildman–Crippen MR) is 154 cm³/mol. The number of aryl methyl sites for hydroxylation is 1. The first-order valence-electron chi connectivity index (χ1n) is 12.1. The SMILES string of the molecule is CCOc1ccc(NC(=O)CN2C(=O)/C(=C3/SC(=S)N(Cc4ccc(C)cc4)C3=O)c3ccccc32)cc1. The Morgan fingerprint density at radius 2 is 1.66 bits per heavy atom. The maximum atomic E-state index is 13.7. The zero-order valence-corrected chi connectivity index (χ0v) is 22.5. The molecule has 2 heterocycles. The van der Waals surface area contributed by atoms with Gasteiger partial charge < -0.3 is 10.1 Å². The topological polar surface area (TPSA) is 79.0 Å². The number of para-hydroxylation sites is 1. The second-order valence-corrected chi connectivity index (χ2v) is 10.5. The molecule has 0 aromatic heterocycles. The molecule has 0 bridgehead atoms. The van der Waals surface area contributed by atoms with Gasteiger partial charge in [0.1, 0.15) is 16.6 Å². The monoisotopic (exact) mass is 543 g/mol. The number of rotatable bonds is 7. The number of benzene rings is 3. The van der Waals surface area contributed by atoms with E-state index in [4.69, 9.17) is 17.0 Å². The second kappa shape index (κ2) is 10.8. The number of carbonyl (C=O) groups excluding carboxylic acids is 3. The fourth-order valence-corrected chi connectivity index (χ4v) is 5.69. The quantitative estimate of drug-likeness (QED) is 0.328. The molecule has 3 amide bonds. The summed E-state index contributed by atoms with van der Waals surface area (Å²) in [7, 11) is 0. The maximum absolute atomic E-state index is 13.7. The van der Waals surface area contributed by atoms with Crippen LogP contribution >= 0.6 is 24.0 Å². The number of nitrogens with zero attached hydrogens (tertiary/aromatic N) is 2. The van der Waals surface area contributed by atoms with Gasteiger partial charge in [-0.3, -0.25) is 24.2 Å². The normalized spacial score (nSPS) is 16.7. The van der Waals surface area contributed by atoms with Gasteiger partial charge in [0.15, 0.2) is 0 Å². The van der Waals surface area contributed by atoms with Crippen LogP contribution in [0.4, 0.5) is 11.4 Å². The summed E-state index contributed by atoms with van der Waals surface area (Å²) in [6.45, 7) is 4.58. The molecule has 1 N–H and O–H groups in total. The molecule has 2 aliphatic rings. The van der Waals surface area contributed by atoms with Crippen molar-refractivity contribution in [2.24, 2.45) is 0 Å². The minimum Gasteiger partial charge on any atom is -0.494 e. The van der Waals surface area contributed by atoms with E-state index < -0.39 is 5.91 Å². The highest BCUT2D eigenvalue weighted by Gasteiger charge is 2.42. The molecule has 3 aromatic rings. The Balaban J connectivity index is 1.38. The molecule has 0 saturated carbocycles. The smallest absolute Gasteiger partial charge is 0.267 e. The van der Waals surface area contributed by atoms with Crippen molar-refractivity contribution in [1.29, 1.82) is 0 Å². The lowest BCUT2D eigenvalue weighted by molar-refractivity contribution is -0.122. The van der Waals surface area contributed by atoms with Crippen LogP contribution in [-0.4, -0.2) is 40.1 Å². The number of nitrogens with one attached hydrogen (secondary N) is 1. The molecule has 0 aliphatic carbocycles. The molecule has 1 fully saturated rings. The van der Waals surface area contributed by atoms with E-state index in [-0.39, 0.29) is 28.8 Å². The van der Waals surface area contributed by atoms with E-state index in [2.05, 4.69) is 5.32 Å². The van der Waals surface area contributed by atoms with Crippen molar-refractivity contribution in [3.8, 4) is 5.75 Å². The van der Waals surface area contributed by atoms with E-state index in [0.29, 0.717) is 40.2 Å². The fourth-order valence-electron chi connectivity index (χ4n) is 4.36. The van der Waals surface area contributed by atoms with E-state index in [1.807, 2.05) is 44.2 Å². The summed E-state index contributed by atoms with van der Waals surface area (Å²) in [6, 6.07) is 22.1. The zero-order chi connectivity index (χ0) is 26.8. The Morgan fingerprint density at radius 1 is 0.947 bits per heavy atom. The summed E-state index contributed by atoms with van der Waals surface area (Å²) >= 11 is 6.65. The first-order valence-corrected chi connectivity index (χ1v) is 13.4. The number of carbonyl (C=O) groups is 3. The molecule has 0 radical (unpaired) electrons. The summed E-state index contributed by atoms with van der Waals surface area (Å²) in [5, 5.41) is 2.82. The highest BCUT2D eigenvalue weighted by Crippen LogP contribution is 2.44. The lowest BCUT2D eigenvalue weighted by Crippen LogP contribution is -2.35. The number of thioether (sulfide) groups is 1. The van der Waals surface area contributed by atoms with Gasteiger partial charge in [-0.1, -0.05) is 72.0 Å². The van der Waals surface area contributed by atoms with Crippen LogP contribution in [0.15, 0.2) is 77.7 Å². The minimum atomic E-state index is -0.399. The molecule has 0 spiro atoms. The summed E-state index contributed by atoms with van der Waals surface area (Å²) in [4.78, 5) is 43.2. The van der Waals surface area contributed by atoms with Crippen molar-refractivity contribution >= 4 is 63.0 Å². The van der Waals surface area contributed by atoms with Gasteiger partial charge in [-0.05, 0) is 49.7 Å². The molecule has 38 heavy (non-hydrogen) atoms. The largest absolute Gasteiger partial charge is 0.494 e. The molecule has 7 nitrogen and oxygen atoms in total. The van der Waals surface area contributed by atoms with Crippen LogP contribution in [0.25, 0.3) is 5.57 Å². The first-order chi connectivity index (χ1) is 18.4. The van der Waals surface area contributed by atoms with E-state index in [1.165, 1.54) is 9.80 Å². The molecule has 9 heteroatoms. The molecular weight excluding hydrogens is 518 g/mol. The Labute approximate surface area is 230 Å². The first kappa shape index (κ1) is 25.7. The highest BCUT2D eigenvalue weighted by atomic mass is 32.2. The number of thiocarbonyl (C=S) groups is 1. The standard InChI is InChI=1S/C29H25N3O4S2/c1-3-36-21-14-12-20(13-15-21)30-24(33)17-31-23-7-5-4-6-22(23)25(27(31)34)26-28(35)32(29(37)38-26)16-19-10-8-18(2)9-11-19/h4-15H,3,16-17H2,1-2H3,(H,30,33)/b26-25+. The third-order valence-corrected chi connectivity index (χ3v) is 7.66. The summed E-state index contributed by atoms with van der Waals surface area (Å²) in [5.41, 5.74) is 4.14. The molecule has 192 valence electrons. The van der Waals surface area contributed by atoms with Gasteiger partial charge in [-0.2, -0.15) is 0 Å². The van der Waals surface area contributed by atoms with Crippen LogP contribution in [0.1, 0.15) is 23.6 Å². The molecule has 3 aromatic carbocycles. The van der Waals surface area contributed by atoms with Crippen LogP contribution in [0, 0.1) is 6.92 Å². The van der Waals surface area contributed by atoms with Crippen LogP contribution in [0.5, 0.6) is 5.75 Å². The number of hydrogen-bond acceptors (Lipinski definition) is 6. The van der Waals surface area contributed by atoms with Crippen LogP contribution in [0.3, 0.4) is 0 Å². The van der Waals surface area contributed by atoms with Crippen LogP contribution in [0.2, 0.25) is 0 Å². The number of ether oxygens (including phenoxy) is 1. The second-order valence-electron chi connectivity index (χ2n) is 8.86.